The highest BCUT2D eigenvalue weighted by Gasteiger charge is 2.02. The molecule has 2 rings (SSSR count). The number of hydrogen-bond acceptors (Lipinski definition) is 1. The van der Waals surface area contributed by atoms with Gasteiger partial charge in [-0.1, -0.05) is 55.0 Å². The van der Waals surface area contributed by atoms with Crippen LogP contribution in [0.4, 0.5) is 0 Å². The van der Waals surface area contributed by atoms with Crippen molar-refractivity contribution in [3.63, 3.8) is 0 Å². The Labute approximate surface area is 116 Å². The van der Waals surface area contributed by atoms with Gasteiger partial charge in [0.25, 0.3) is 0 Å². The van der Waals surface area contributed by atoms with Crippen molar-refractivity contribution in [3.05, 3.63) is 59.2 Å². The summed E-state index contributed by atoms with van der Waals surface area (Å²) in [6, 6.07) is 15.5. The average Bonchev–Trinajstić information content (AvgIpc) is 2.40. The molecule has 0 saturated carbocycles. The van der Waals surface area contributed by atoms with Crippen molar-refractivity contribution in [2.75, 3.05) is 6.54 Å². The van der Waals surface area contributed by atoms with Gasteiger partial charge in [-0.25, -0.2) is 0 Å². The van der Waals surface area contributed by atoms with E-state index >= 15 is 0 Å². The van der Waals surface area contributed by atoms with E-state index in [1.807, 2.05) is 0 Å². The van der Waals surface area contributed by atoms with Crippen LogP contribution in [0.5, 0.6) is 0 Å². The Morgan fingerprint density at radius 1 is 0.947 bits per heavy atom. The highest BCUT2D eigenvalue weighted by atomic mass is 14.8. The minimum atomic E-state index is 0.959. The van der Waals surface area contributed by atoms with Gasteiger partial charge in [-0.15, -0.1) is 0 Å². The molecule has 0 saturated heterocycles. The predicted molar refractivity (Wildman–Crippen MR) is 83.3 cm³/mol. The monoisotopic (exact) mass is 253 g/mol. The molecule has 0 heterocycles. The second kappa shape index (κ2) is 6.53. The largest absolute Gasteiger partial charge is 0.313 e. The van der Waals surface area contributed by atoms with E-state index in [2.05, 4.69) is 68.6 Å². The summed E-state index contributed by atoms with van der Waals surface area (Å²) in [6.07, 6.45) is 1.18. The van der Waals surface area contributed by atoms with Gasteiger partial charge in [0.1, 0.15) is 0 Å². The van der Waals surface area contributed by atoms with Crippen LogP contribution in [0.3, 0.4) is 0 Å². The zero-order chi connectivity index (χ0) is 13.7. The fourth-order valence-corrected chi connectivity index (χ4v) is 2.35. The average molecular weight is 253 g/mol. The molecular weight excluding hydrogens is 230 g/mol. The third kappa shape index (κ3) is 3.68. The van der Waals surface area contributed by atoms with Crippen molar-refractivity contribution in [1.29, 1.82) is 0 Å². The highest BCUT2D eigenvalue weighted by molar-refractivity contribution is 5.67. The van der Waals surface area contributed by atoms with Crippen LogP contribution in [0.1, 0.15) is 30.0 Å². The van der Waals surface area contributed by atoms with Gasteiger partial charge in [-0.3, -0.25) is 0 Å². The summed E-state index contributed by atoms with van der Waals surface area (Å²) in [5.74, 6) is 0. The molecular formula is C18H23N. The second-order valence-electron chi connectivity index (χ2n) is 5.19. The smallest absolute Gasteiger partial charge is 0.0205 e. The lowest BCUT2D eigenvalue weighted by atomic mass is 9.98. The summed E-state index contributed by atoms with van der Waals surface area (Å²) in [6.45, 7) is 8.55. The molecule has 19 heavy (non-hydrogen) atoms. The van der Waals surface area contributed by atoms with E-state index < -0.39 is 0 Å². The first kappa shape index (κ1) is 13.8. The Morgan fingerprint density at radius 3 is 2.32 bits per heavy atom. The molecule has 0 amide bonds. The molecule has 0 bridgehead atoms. The minimum absolute atomic E-state index is 0.959. The van der Waals surface area contributed by atoms with E-state index in [1.54, 1.807) is 0 Å². The number of aryl methyl sites for hydroxylation is 2. The summed E-state index contributed by atoms with van der Waals surface area (Å²) < 4.78 is 0. The topological polar surface area (TPSA) is 12.0 Å². The standard InChI is InChI=1S/C18H23N/c1-4-11-19-13-16-6-8-17(9-7-16)18-10-5-14(2)12-15(18)3/h5-10,12,19H,4,11,13H2,1-3H3. The SMILES string of the molecule is CCCNCc1ccc(-c2ccc(C)cc2C)cc1. The molecule has 0 unspecified atom stereocenters. The highest BCUT2D eigenvalue weighted by Crippen LogP contribution is 2.24. The Morgan fingerprint density at radius 2 is 1.68 bits per heavy atom. The van der Waals surface area contributed by atoms with Gasteiger partial charge in [-0.2, -0.15) is 0 Å². The lowest BCUT2D eigenvalue weighted by Gasteiger charge is -2.09. The molecule has 0 fully saturated rings. The first-order chi connectivity index (χ1) is 9.20. The van der Waals surface area contributed by atoms with Gasteiger partial charge >= 0.3 is 0 Å². The second-order valence-corrected chi connectivity index (χ2v) is 5.19. The molecule has 100 valence electrons. The van der Waals surface area contributed by atoms with Crippen LogP contribution < -0.4 is 5.32 Å². The molecule has 1 heteroatoms. The van der Waals surface area contributed by atoms with Crippen molar-refractivity contribution in [2.45, 2.75) is 33.7 Å². The van der Waals surface area contributed by atoms with Crippen molar-refractivity contribution >= 4 is 0 Å². The van der Waals surface area contributed by atoms with Crippen molar-refractivity contribution in [2.24, 2.45) is 0 Å². The number of hydrogen-bond donors (Lipinski definition) is 1. The number of rotatable bonds is 5. The predicted octanol–water partition coefficient (Wildman–Crippen LogP) is 4.47. The first-order valence-corrected chi connectivity index (χ1v) is 7.08. The van der Waals surface area contributed by atoms with Gasteiger partial charge in [0.05, 0.1) is 0 Å². The number of nitrogens with one attached hydrogen (secondary N) is 1. The number of benzene rings is 2. The molecule has 2 aromatic carbocycles. The van der Waals surface area contributed by atoms with Crippen molar-refractivity contribution in [3.8, 4) is 11.1 Å². The van der Waals surface area contributed by atoms with Crippen LogP contribution in [0.25, 0.3) is 11.1 Å². The molecule has 0 aliphatic rings. The normalized spacial score (nSPS) is 10.7. The molecule has 1 nitrogen and oxygen atoms in total. The van der Waals surface area contributed by atoms with Gasteiger partial charge < -0.3 is 5.32 Å². The van der Waals surface area contributed by atoms with Crippen LogP contribution in [0.15, 0.2) is 42.5 Å². The maximum absolute atomic E-state index is 3.43. The van der Waals surface area contributed by atoms with Gasteiger partial charge in [0, 0.05) is 6.54 Å². The van der Waals surface area contributed by atoms with Gasteiger partial charge in [0.15, 0.2) is 0 Å². The molecule has 2 aromatic rings. The third-order valence-electron chi connectivity index (χ3n) is 3.40. The molecule has 0 aliphatic carbocycles. The van der Waals surface area contributed by atoms with E-state index in [0.717, 1.165) is 13.1 Å². The lowest BCUT2D eigenvalue weighted by Crippen LogP contribution is -2.13. The fourth-order valence-electron chi connectivity index (χ4n) is 2.35. The van der Waals surface area contributed by atoms with Crippen molar-refractivity contribution in [1.82, 2.24) is 5.32 Å². The summed E-state index contributed by atoms with van der Waals surface area (Å²) in [5.41, 5.74) is 6.65. The quantitative estimate of drug-likeness (QED) is 0.775. The Balaban J connectivity index is 2.13. The lowest BCUT2D eigenvalue weighted by molar-refractivity contribution is 0.675. The van der Waals surface area contributed by atoms with Gasteiger partial charge in [-0.05, 0) is 49.1 Å². The zero-order valence-corrected chi connectivity index (χ0v) is 12.2. The van der Waals surface area contributed by atoms with E-state index in [-0.39, 0.29) is 0 Å². The maximum Gasteiger partial charge on any atom is 0.0205 e. The molecule has 0 aromatic heterocycles. The van der Waals surface area contributed by atoms with Crippen LogP contribution in [0, 0.1) is 13.8 Å². The molecule has 1 N–H and O–H groups in total. The first-order valence-electron chi connectivity index (χ1n) is 7.08. The minimum Gasteiger partial charge on any atom is -0.313 e. The van der Waals surface area contributed by atoms with Crippen LogP contribution in [-0.2, 0) is 6.54 Å². The third-order valence-corrected chi connectivity index (χ3v) is 3.40. The van der Waals surface area contributed by atoms with E-state index in [9.17, 15) is 0 Å². The zero-order valence-electron chi connectivity index (χ0n) is 12.2. The summed E-state index contributed by atoms with van der Waals surface area (Å²) in [4.78, 5) is 0. The Hall–Kier alpha value is -1.60. The van der Waals surface area contributed by atoms with Crippen LogP contribution >= 0.6 is 0 Å². The summed E-state index contributed by atoms with van der Waals surface area (Å²) in [5, 5.41) is 3.43. The molecule has 0 radical (unpaired) electrons. The summed E-state index contributed by atoms with van der Waals surface area (Å²) >= 11 is 0. The van der Waals surface area contributed by atoms with Gasteiger partial charge in [0.2, 0.25) is 0 Å². The van der Waals surface area contributed by atoms with Crippen LogP contribution in [0.2, 0.25) is 0 Å². The maximum atomic E-state index is 3.43. The molecule has 0 aliphatic heterocycles. The van der Waals surface area contributed by atoms with Crippen LogP contribution in [-0.4, -0.2) is 6.54 Å². The van der Waals surface area contributed by atoms with Crippen molar-refractivity contribution < 1.29 is 0 Å². The Bertz CT molecular complexity index is 526. The van der Waals surface area contributed by atoms with E-state index in [1.165, 1.54) is 34.2 Å². The Kier molecular flexibility index (Phi) is 4.75. The fraction of sp³-hybridized carbons (Fsp3) is 0.333. The summed E-state index contributed by atoms with van der Waals surface area (Å²) in [7, 11) is 0. The molecule has 0 atom stereocenters. The molecule has 0 spiro atoms. The van der Waals surface area contributed by atoms with E-state index in [4.69, 9.17) is 0 Å². The van der Waals surface area contributed by atoms with E-state index in [0.29, 0.717) is 0 Å².